The molecule has 1 saturated carbocycles. The molecule has 22 heavy (non-hydrogen) atoms. The summed E-state index contributed by atoms with van der Waals surface area (Å²) in [4.78, 5) is 28.8. The number of benzene rings is 1. The van der Waals surface area contributed by atoms with Gasteiger partial charge in [0, 0.05) is 18.7 Å². The van der Waals surface area contributed by atoms with E-state index in [-0.39, 0.29) is 11.3 Å². The first-order valence-electron chi connectivity index (χ1n) is 7.08. The van der Waals surface area contributed by atoms with Gasteiger partial charge in [-0.1, -0.05) is 11.3 Å². The van der Waals surface area contributed by atoms with Crippen LogP contribution in [0.2, 0.25) is 0 Å². The van der Waals surface area contributed by atoms with Gasteiger partial charge in [-0.25, -0.2) is 9.79 Å². The second-order valence-electron chi connectivity index (χ2n) is 5.42. The van der Waals surface area contributed by atoms with Crippen molar-refractivity contribution in [2.75, 3.05) is 0 Å². The van der Waals surface area contributed by atoms with Gasteiger partial charge in [0.05, 0.1) is 16.1 Å². The van der Waals surface area contributed by atoms with Crippen molar-refractivity contribution in [2.24, 2.45) is 4.99 Å². The van der Waals surface area contributed by atoms with Gasteiger partial charge in [-0.3, -0.25) is 4.79 Å². The van der Waals surface area contributed by atoms with E-state index in [1.54, 1.807) is 19.1 Å². The zero-order valence-corrected chi connectivity index (χ0v) is 13.2. The van der Waals surface area contributed by atoms with E-state index in [9.17, 15) is 9.59 Å². The highest BCUT2D eigenvalue weighted by atomic mass is 32.1. The molecule has 1 aromatic heterocycles. The fraction of sp³-hybridized carbons (Fsp3) is 0.312. The molecular weight excluding hydrogens is 300 g/mol. The summed E-state index contributed by atoms with van der Waals surface area (Å²) in [5.41, 5.74) is 1.90. The number of carboxylic acids is 1. The van der Waals surface area contributed by atoms with Crippen molar-refractivity contribution in [1.29, 1.82) is 0 Å². The first-order chi connectivity index (χ1) is 10.5. The Morgan fingerprint density at radius 1 is 1.27 bits per heavy atom. The monoisotopic (exact) mass is 316 g/mol. The molecule has 0 saturated heterocycles. The van der Waals surface area contributed by atoms with Crippen LogP contribution >= 0.6 is 11.3 Å². The summed E-state index contributed by atoms with van der Waals surface area (Å²) in [5, 5.41) is 8.92. The molecular formula is C16H16N2O3S. The summed E-state index contributed by atoms with van der Waals surface area (Å²) in [6.45, 7) is 3.53. The van der Waals surface area contributed by atoms with Crippen LogP contribution < -0.4 is 4.80 Å². The van der Waals surface area contributed by atoms with E-state index in [1.807, 2.05) is 6.92 Å². The third-order valence-corrected chi connectivity index (χ3v) is 4.92. The number of thiazole rings is 1. The third kappa shape index (κ3) is 2.74. The molecule has 2 aromatic rings. The SMILES string of the molecule is CC(=O)c1s/c(=N/c2ccc(C(=O)O)cc2)n(C2CC2)c1C. The van der Waals surface area contributed by atoms with Gasteiger partial charge in [0.1, 0.15) is 0 Å². The molecule has 1 heterocycles. The molecule has 1 fully saturated rings. The topological polar surface area (TPSA) is 71.7 Å². The van der Waals surface area contributed by atoms with Gasteiger partial charge >= 0.3 is 5.97 Å². The van der Waals surface area contributed by atoms with Gasteiger partial charge in [-0.2, -0.15) is 0 Å². The molecule has 0 amide bonds. The molecule has 6 heteroatoms. The Morgan fingerprint density at radius 3 is 2.41 bits per heavy atom. The fourth-order valence-corrected chi connectivity index (χ4v) is 3.53. The van der Waals surface area contributed by atoms with Crippen molar-refractivity contribution in [3.8, 4) is 0 Å². The maximum Gasteiger partial charge on any atom is 0.335 e. The van der Waals surface area contributed by atoms with E-state index in [0.29, 0.717) is 11.7 Å². The molecule has 1 N–H and O–H groups in total. The van der Waals surface area contributed by atoms with Crippen LogP contribution in [0.5, 0.6) is 0 Å². The molecule has 1 aliphatic carbocycles. The third-order valence-electron chi connectivity index (χ3n) is 3.66. The predicted octanol–water partition coefficient (Wildman–Crippen LogP) is 3.33. The Morgan fingerprint density at radius 2 is 1.91 bits per heavy atom. The molecule has 0 aliphatic heterocycles. The van der Waals surface area contributed by atoms with Gasteiger partial charge in [0.25, 0.3) is 0 Å². The molecule has 1 aromatic carbocycles. The van der Waals surface area contributed by atoms with E-state index in [4.69, 9.17) is 5.11 Å². The van der Waals surface area contributed by atoms with E-state index in [1.165, 1.54) is 23.5 Å². The Labute approximate surface area is 131 Å². The van der Waals surface area contributed by atoms with Crippen molar-refractivity contribution in [3.05, 3.63) is 45.2 Å². The van der Waals surface area contributed by atoms with Crippen molar-refractivity contribution in [3.63, 3.8) is 0 Å². The maximum absolute atomic E-state index is 11.7. The minimum Gasteiger partial charge on any atom is -0.478 e. The normalized spacial score (nSPS) is 15.1. The van der Waals surface area contributed by atoms with Crippen molar-refractivity contribution in [2.45, 2.75) is 32.7 Å². The first-order valence-corrected chi connectivity index (χ1v) is 7.90. The van der Waals surface area contributed by atoms with E-state index in [2.05, 4.69) is 9.56 Å². The number of carboxylic acid groups (broad SMARTS) is 1. The average molecular weight is 316 g/mol. The van der Waals surface area contributed by atoms with Crippen LogP contribution in [-0.2, 0) is 0 Å². The van der Waals surface area contributed by atoms with Crippen LogP contribution in [0.15, 0.2) is 29.3 Å². The highest BCUT2D eigenvalue weighted by Gasteiger charge is 2.28. The van der Waals surface area contributed by atoms with Crippen LogP contribution in [-0.4, -0.2) is 21.4 Å². The van der Waals surface area contributed by atoms with Crippen molar-refractivity contribution < 1.29 is 14.7 Å². The highest BCUT2D eigenvalue weighted by molar-refractivity contribution is 7.11. The van der Waals surface area contributed by atoms with Gasteiger partial charge in [-0.05, 0) is 44.0 Å². The lowest BCUT2D eigenvalue weighted by atomic mass is 10.2. The Bertz CT molecular complexity index is 811. The number of hydrogen-bond acceptors (Lipinski definition) is 4. The first kappa shape index (κ1) is 14.7. The minimum absolute atomic E-state index is 0.0552. The lowest BCUT2D eigenvalue weighted by molar-refractivity contribution is 0.0696. The summed E-state index contributed by atoms with van der Waals surface area (Å²) >= 11 is 1.40. The Kier molecular flexibility index (Phi) is 3.70. The standard InChI is InChI=1S/C16H16N2O3S/c1-9-14(10(2)19)22-16(18(9)13-7-8-13)17-12-5-3-11(4-6-12)15(20)21/h3-6,13H,7-8H2,1-2H3,(H,20,21)/b17-16+. The quantitative estimate of drug-likeness (QED) is 0.879. The maximum atomic E-state index is 11.7. The minimum atomic E-state index is -0.953. The van der Waals surface area contributed by atoms with Gasteiger partial charge in [-0.15, -0.1) is 0 Å². The number of rotatable bonds is 4. The van der Waals surface area contributed by atoms with Crippen molar-refractivity contribution >= 4 is 28.8 Å². The van der Waals surface area contributed by atoms with E-state index in [0.717, 1.165) is 28.2 Å². The second kappa shape index (κ2) is 5.53. The number of Topliss-reactive ketones (excluding diaryl/α,β-unsaturated/α-hetero) is 1. The van der Waals surface area contributed by atoms with E-state index >= 15 is 0 Å². The van der Waals surface area contributed by atoms with Crippen LogP contribution in [0, 0.1) is 6.92 Å². The second-order valence-corrected chi connectivity index (χ2v) is 6.40. The summed E-state index contributed by atoms with van der Waals surface area (Å²) in [6, 6.07) is 6.87. The van der Waals surface area contributed by atoms with E-state index < -0.39 is 5.97 Å². The number of aromatic carboxylic acids is 1. The largest absolute Gasteiger partial charge is 0.478 e. The number of nitrogens with zero attached hydrogens (tertiary/aromatic N) is 2. The molecule has 0 bridgehead atoms. The molecule has 114 valence electrons. The summed E-state index contributed by atoms with van der Waals surface area (Å²) in [5.74, 6) is -0.898. The predicted molar refractivity (Wildman–Crippen MR) is 83.9 cm³/mol. The van der Waals surface area contributed by atoms with Gasteiger partial charge in [0.15, 0.2) is 10.6 Å². The van der Waals surface area contributed by atoms with Gasteiger partial charge < -0.3 is 9.67 Å². The Balaban J connectivity index is 2.08. The fourth-order valence-electron chi connectivity index (χ4n) is 2.42. The van der Waals surface area contributed by atoms with Gasteiger partial charge in [0.2, 0.25) is 0 Å². The smallest absolute Gasteiger partial charge is 0.335 e. The molecule has 0 atom stereocenters. The van der Waals surface area contributed by atoms with Crippen LogP contribution in [0.3, 0.4) is 0 Å². The highest BCUT2D eigenvalue weighted by Crippen LogP contribution is 2.36. The molecule has 3 rings (SSSR count). The summed E-state index contributed by atoms with van der Waals surface area (Å²) in [7, 11) is 0. The van der Waals surface area contributed by atoms with Crippen molar-refractivity contribution in [1.82, 2.24) is 4.57 Å². The lowest BCUT2D eigenvalue weighted by Gasteiger charge is -2.03. The molecule has 1 aliphatic rings. The number of aromatic nitrogens is 1. The Hall–Kier alpha value is -2.21. The van der Waals surface area contributed by atoms with Crippen LogP contribution in [0.25, 0.3) is 0 Å². The molecule has 0 radical (unpaired) electrons. The number of hydrogen-bond donors (Lipinski definition) is 1. The number of carbonyl (C=O) groups is 2. The average Bonchev–Trinajstić information content (AvgIpc) is 3.24. The van der Waals surface area contributed by atoms with Crippen LogP contribution in [0.1, 0.15) is 51.5 Å². The zero-order chi connectivity index (χ0) is 15.9. The zero-order valence-electron chi connectivity index (χ0n) is 12.4. The van der Waals surface area contributed by atoms with Crippen LogP contribution in [0.4, 0.5) is 5.69 Å². The molecule has 0 spiro atoms. The molecule has 5 nitrogen and oxygen atoms in total. The lowest BCUT2D eigenvalue weighted by Crippen LogP contribution is -2.14. The number of ketones is 1. The number of carbonyl (C=O) groups excluding carboxylic acids is 1. The molecule has 0 unspecified atom stereocenters. The summed E-state index contributed by atoms with van der Waals surface area (Å²) < 4.78 is 2.13. The summed E-state index contributed by atoms with van der Waals surface area (Å²) in [6.07, 6.45) is 2.22.